The van der Waals surface area contributed by atoms with Crippen molar-refractivity contribution in [3.63, 3.8) is 0 Å². The lowest BCUT2D eigenvalue weighted by atomic mass is 9.90. The Morgan fingerprint density at radius 1 is 0.524 bits per heavy atom. The molecule has 42 heavy (non-hydrogen) atoms. The molecule has 5 aromatic carbocycles. The van der Waals surface area contributed by atoms with Crippen LogP contribution in [0.15, 0.2) is 133 Å². The molecule has 0 spiro atoms. The molecule has 1 N–H and O–H groups in total. The van der Waals surface area contributed by atoms with Crippen LogP contribution in [-0.2, 0) is 24.6 Å². The van der Waals surface area contributed by atoms with Crippen LogP contribution in [0.2, 0.25) is 0 Å². The fourth-order valence-corrected chi connectivity index (χ4v) is 4.43. The van der Waals surface area contributed by atoms with E-state index >= 15 is 0 Å². The molecular formula is C36H30O6. The summed E-state index contributed by atoms with van der Waals surface area (Å²) in [5, 5.41) is 10.1. The molecule has 0 aromatic heterocycles. The summed E-state index contributed by atoms with van der Waals surface area (Å²) in [7, 11) is 0. The normalized spacial score (nSPS) is 11.3. The third-order valence-corrected chi connectivity index (χ3v) is 6.63. The SMILES string of the molecule is O=C(O)C(C(=O)c1cc(OCc2ccccc2)cc(OCc2ccccc2)c1)c1ccc(OCc2ccccc2)cc1. The van der Waals surface area contributed by atoms with Gasteiger partial charge in [-0.3, -0.25) is 9.59 Å². The van der Waals surface area contributed by atoms with Gasteiger partial charge in [-0.05, 0) is 46.5 Å². The Morgan fingerprint density at radius 2 is 0.929 bits per heavy atom. The average Bonchev–Trinajstić information content (AvgIpc) is 3.04. The number of carboxylic acids is 1. The maximum atomic E-state index is 13.7. The second kappa shape index (κ2) is 13.8. The predicted molar refractivity (Wildman–Crippen MR) is 160 cm³/mol. The number of Topliss-reactive ketones (excluding diaryl/α,β-unsaturated/α-hetero) is 1. The Labute approximate surface area is 244 Å². The highest BCUT2D eigenvalue weighted by molar-refractivity contribution is 6.12. The third kappa shape index (κ3) is 7.64. The van der Waals surface area contributed by atoms with Gasteiger partial charge >= 0.3 is 5.97 Å². The molecular weight excluding hydrogens is 528 g/mol. The van der Waals surface area contributed by atoms with E-state index < -0.39 is 17.7 Å². The molecule has 0 aliphatic rings. The number of carbonyl (C=O) groups is 2. The Kier molecular flexibility index (Phi) is 9.27. The molecule has 0 fully saturated rings. The molecule has 5 aromatic rings. The topological polar surface area (TPSA) is 82.1 Å². The number of benzene rings is 5. The van der Waals surface area contributed by atoms with Crippen LogP contribution >= 0.6 is 0 Å². The molecule has 0 radical (unpaired) electrons. The molecule has 0 saturated heterocycles. The van der Waals surface area contributed by atoms with Crippen LogP contribution in [0.25, 0.3) is 0 Å². The van der Waals surface area contributed by atoms with E-state index in [1.165, 1.54) is 0 Å². The first-order valence-electron chi connectivity index (χ1n) is 13.6. The summed E-state index contributed by atoms with van der Waals surface area (Å²) in [5.74, 6) is -1.86. The van der Waals surface area contributed by atoms with Crippen molar-refractivity contribution in [2.24, 2.45) is 0 Å². The first kappa shape index (κ1) is 28.2. The number of hydrogen-bond acceptors (Lipinski definition) is 5. The van der Waals surface area contributed by atoms with Crippen molar-refractivity contribution in [3.8, 4) is 17.2 Å². The van der Waals surface area contributed by atoms with Gasteiger partial charge in [0, 0.05) is 11.6 Å². The number of aliphatic carboxylic acids is 1. The molecule has 1 unspecified atom stereocenters. The van der Waals surface area contributed by atoms with Crippen LogP contribution in [-0.4, -0.2) is 16.9 Å². The lowest BCUT2D eigenvalue weighted by Crippen LogP contribution is -2.22. The second-order valence-corrected chi connectivity index (χ2v) is 9.72. The highest BCUT2D eigenvalue weighted by atomic mass is 16.5. The van der Waals surface area contributed by atoms with Crippen LogP contribution in [0.3, 0.4) is 0 Å². The van der Waals surface area contributed by atoms with Gasteiger partial charge in [0.2, 0.25) is 0 Å². The smallest absolute Gasteiger partial charge is 0.318 e. The molecule has 0 aliphatic heterocycles. The van der Waals surface area contributed by atoms with Gasteiger partial charge in [-0.2, -0.15) is 0 Å². The van der Waals surface area contributed by atoms with E-state index in [1.54, 1.807) is 42.5 Å². The summed E-state index contributed by atoms with van der Waals surface area (Å²) in [6, 6.07) is 40.4. The number of carbonyl (C=O) groups excluding carboxylic acids is 1. The van der Waals surface area contributed by atoms with Crippen molar-refractivity contribution in [2.45, 2.75) is 25.7 Å². The summed E-state index contributed by atoms with van der Waals surface area (Å²) in [6.45, 7) is 0.940. The van der Waals surface area contributed by atoms with E-state index in [-0.39, 0.29) is 18.8 Å². The van der Waals surface area contributed by atoms with Crippen molar-refractivity contribution in [2.75, 3.05) is 0 Å². The van der Waals surface area contributed by atoms with Gasteiger partial charge in [-0.15, -0.1) is 0 Å². The molecule has 0 bridgehead atoms. The molecule has 0 saturated carbocycles. The van der Waals surface area contributed by atoms with Gasteiger partial charge in [-0.25, -0.2) is 0 Å². The highest BCUT2D eigenvalue weighted by Crippen LogP contribution is 2.30. The number of ketones is 1. The first-order valence-corrected chi connectivity index (χ1v) is 13.6. The van der Waals surface area contributed by atoms with E-state index in [0.717, 1.165) is 16.7 Å². The van der Waals surface area contributed by atoms with E-state index in [4.69, 9.17) is 14.2 Å². The minimum Gasteiger partial charge on any atom is -0.489 e. The maximum Gasteiger partial charge on any atom is 0.318 e. The summed E-state index contributed by atoms with van der Waals surface area (Å²) in [4.78, 5) is 26.1. The fraction of sp³-hybridized carbons (Fsp3) is 0.111. The molecule has 1 atom stereocenters. The van der Waals surface area contributed by atoms with Gasteiger partial charge in [0.05, 0.1) is 0 Å². The summed E-state index contributed by atoms with van der Waals surface area (Å²) < 4.78 is 17.8. The van der Waals surface area contributed by atoms with Gasteiger partial charge in [0.1, 0.15) is 43.0 Å². The quantitative estimate of drug-likeness (QED) is 0.119. The lowest BCUT2D eigenvalue weighted by Gasteiger charge is -2.16. The zero-order chi connectivity index (χ0) is 29.1. The minimum atomic E-state index is -1.42. The van der Waals surface area contributed by atoms with E-state index in [2.05, 4.69) is 0 Å². The Hall–Kier alpha value is -5.36. The zero-order valence-electron chi connectivity index (χ0n) is 22.9. The Bertz CT molecular complexity index is 1540. The summed E-state index contributed by atoms with van der Waals surface area (Å²) in [6.07, 6.45) is 0. The molecule has 0 heterocycles. The predicted octanol–water partition coefficient (Wildman–Crippen LogP) is 7.47. The van der Waals surface area contributed by atoms with Crippen molar-refractivity contribution in [1.29, 1.82) is 0 Å². The van der Waals surface area contributed by atoms with Crippen molar-refractivity contribution in [3.05, 3.63) is 161 Å². The molecule has 0 aliphatic carbocycles. The van der Waals surface area contributed by atoms with E-state index in [0.29, 0.717) is 29.4 Å². The number of carboxylic acid groups (broad SMARTS) is 1. The van der Waals surface area contributed by atoms with Gasteiger partial charge < -0.3 is 19.3 Å². The number of hydrogen-bond donors (Lipinski definition) is 1. The van der Waals surface area contributed by atoms with Crippen molar-refractivity contribution < 1.29 is 28.9 Å². The molecule has 6 nitrogen and oxygen atoms in total. The summed E-state index contributed by atoms with van der Waals surface area (Å²) in [5.41, 5.74) is 3.46. The van der Waals surface area contributed by atoms with Crippen LogP contribution in [0.4, 0.5) is 0 Å². The van der Waals surface area contributed by atoms with Crippen LogP contribution in [0.1, 0.15) is 38.5 Å². The number of rotatable bonds is 13. The zero-order valence-corrected chi connectivity index (χ0v) is 22.9. The minimum absolute atomic E-state index is 0.181. The highest BCUT2D eigenvalue weighted by Gasteiger charge is 2.30. The second-order valence-electron chi connectivity index (χ2n) is 9.72. The first-order chi connectivity index (χ1) is 20.5. The molecule has 210 valence electrons. The van der Waals surface area contributed by atoms with Crippen LogP contribution in [0.5, 0.6) is 17.2 Å². The number of ether oxygens (including phenoxy) is 3. The maximum absolute atomic E-state index is 13.7. The molecule has 0 amide bonds. The van der Waals surface area contributed by atoms with Crippen LogP contribution < -0.4 is 14.2 Å². The van der Waals surface area contributed by atoms with E-state index in [9.17, 15) is 14.7 Å². The summed E-state index contributed by atoms with van der Waals surface area (Å²) >= 11 is 0. The van der Waals surface area contributed by atoms with Crippen molar-refractivity contribution in [1.82, 2.24) is 0 Å². The lowest BCUT2D eigenvalue weighted by molar-refractivity contribution is -0.137. The fourth-order valence-electron chi connectivity index (χ4n) is 4.43. The monoisotopic (exact) mass is 558 g/mol. The van der Waals surface area contributed by atoms with E-state index in [1.807, 2.05) is 91.0 Å². The van der Waals surface area contributed by atoms with Crippen LogP contribution in [0, 0.1) is 0 Å². The van der Waals surface area contributed by atoms with Gasteiger partial charge in [0.25, 0.3) is 0 Å². The Morgan fingerprint density at radius 3 is 1.33 bits per heavy atom. The van der Waals surface area contributed by atoms with Gasteiger partial charge in [-0.1, -0.05) is 103 Å². The molecule has 6 heteroatoms. The third-order valence-electron chi connectivity index (χ3n) is 6.63. The molecule has 5 rings (SSSR count). The Balaban J connectivity index is 1.37. The van der Waals surface area contributed by atoms with Crippen molar-refractivity contribution >= 4 is 11.8 Å². The average molecular weight is 559 g/mol. The largest absolute Gasteiger partial charge is 0.489 e. The van der Waals surface area contributed by atoms with Gasteiger partial charge in [0.15, 0.2) is 5.78 Å². The standard InChI is InChI=1S/C36H30O6/c37-35(34(36(38)39)29-16-18-31(19-17-29)40-23-26-10-4-1-5-11-26)30-20-32(41-24-27-12-6-2-7-13-27)22-33(21-30)42-25-28-14-8-3-9-15-28/h1-22,34H,23-25H2,(H,38,39).